The summed E-state index contributed by atoms with van der Waals surface area (Å²) in [6.45, 7) is 6.35. The highest BCUT2D eigenvalue weighted by Gasteiger charge is 2.28. The number of rotatable bonds is 4. The van der Waals surface area contributed by atoms with E-state index in [0.29, 0.717) is 30.9 Å². The summed E-state index contributed by atoms with van der Waals surface area (Å²) in [7, 11) is 0. The zero-order valence-corrected chi connectivity index (χ0v) is 14.8. The van der Waals surface area contributed by atoms with E-state index in [2.05, 4.69) is 17.0 Å². The van der Waals surface area contributed by atoms with Crippen molar-refractivity contribution >= 4 is 34.8 Å². The second-order valence-corrected chi connectivity index (χ2v) is 6.58. The van der Waals surface area contributed by atoms with Gasteiger partial charge in [-0.1, -0.05) is 12.6 Å². The summed E-state index contributed by atoms with van der Waals surface area (Å²) < 4.78 is 0. The highest BCUT2D eigenvalue weighted by Crippen LogP contribution is 2.25. The maximum Gasteiger partial charge on any atom is 0.253 e. The summed E-state index contributed by atoms with van der Waals surface area (Å²) in [6.07, 6.45) is 3.11. The van der Waals surface area contributed by atoms with E-state index in [0.717, 1.165) is 18.6 Å². The Bertz CT molecular complexity index is 787. The summed E-state index contributed by atoms with van der Waals surface area (Å²) in [4.78, 5) is 38.0. The molecule has 26 heavy (non-hydrogen) atoms. The number of benzene rings is 1. The average molecular weight is 354 g/mol. The number of likely N-dealkylation sites (tertiary alicyclic amines) is 1. The Labute approximate surface area is 152 Å². The van der Waals surface area contributed by atoms with E-state index in [1.807, 2.05) is 6.92 Å². The second-order valence-electron chi connectivity index (χ2n) is 6.58. The van der Waals surface area contributed by atoms with E-state index in [4.69, 9.17) is 0 Å². The van der Waals surface area contributed by atoms with E-state index in [1.165, 1.54) is 11.1 Å². The Morgan fingerprint density at radius 2 is 2.19 bits per heavy atom. The zero-order valence-electron chi connectivity index (χ0n) is 14.8. The number of anilines is 2. The van der Waals surface area contributed by atoms with Crippen molar-refractivity contribution in [1.29, 1.82) is 0 Å². The van der Waals surface area contributed by atoms with Crippen molar-refractivity contribution in [3.8, 4) is 0 Å². The van der Waals surface area contributed by atoms with Crippen LogP contribution >= 0.6 is 0 Å². The molecule has 1 aromatic carbocycles. The minimum absolute atomic E-state index is 0.0863. The van der Waals surface area contributed by atoms with Gasteiger partial charge < -0.3 is 10.2 Å². The van der Waals surface area contributed by atoms with Crippen molar-refractivity contribution in [2.45, 2.75) is 26.2 Å². The molecule has 0 aromatic heterocycles. The summed E-state index contributed by atoms with van der Waals surface area (Å²) in [5, 5.41) is 8.47. The fraction of sp³-hybridized carbons (Fsp3) is 0.368. The normalized spacial score (nSPS) is 20.0. The third kappa shape index (κ3) is 3.82. The molecule has 1 saturated heterocycles. The first kappa shape index (κ1) is 17.8. The molecule has 2 heterocycles. The van der Waals surface area contributed by atoms with Gasteiger partial charge in [0.25, 0.3) is 5.91 Å². The number of carbonyl (C=O) groups is 3. The van der Waals surface area contributed by atoms with Crippen molar-refractivity contribution in [1.82, 2.24) is 4.90 Å². The van der Waals surface area contributed by atoms with Gasteiger partial charge in [0.15, 0.2) is 0 Å². The van der Waals surface area contributed by atoms with Gasteiger partial charge in [-0.3, -0.25) is 14.4 Å². The first-order valence-electron chi connectivity index (χ1n) is 8.67. The standard InChI is InChI=1S/C19H22N4O3/c1-3-17(24)22-9-5-6-14(12-22)19(26)20-15-7-4-8-16(11-15)23-18(25)10-13(2)21-23/h3-4,7-8,11,14H,1,5-6,9-10,12H2,2H3,(H,20,26). The molecule has 3 rings (SSSR count). The average Bonchev–Trinajstić information content (AvgIpc) is 2.99. The summed E-state index contributed by atoms with van der Waals surface area (Å²) >= 11 is 0. The Kier molecular flexibility index (Phi) is 5.16. The van der Waals surface area contributed by atoms with Gasteiger partial charge in [0.1, 0.15) is 0 Å². The fourth-order valence-corrected chi connectivity index (χ4v) is 3.24. The topological polar surface area (TPSA) is 82.1 Å². The number of hydrogen-bond donors (Lipinski definition) is 1. The van der Waals surface area contributed by atoms with Crippen molar-refractivity contribution < 1.29 is 14.4 Å². The van der Waals surface area contributed by atoms with Crippen LogP contribution in [0, 0.1) is 5.92 Å². The van der Waals surface area contributed by atoms with Crippen LogP contribution in [0.3, 0.4) is 0 Å². The Morgan fingerprint density at radius 3 is 2.88 bits per heavy atom. The zero-order chi connectivity index (χ0) is 18.7. The van der Waals surface area contributed by atoms with Gasteiger partial charge in [0.05, 0.1) is 18.0 Å². The SMILES string of the molecule is C=CC(=O)N1CCCC(C(=O)Nc2cccc(N3N=C(C)CC3=O)c2)C1. The first-order valence-corrected chi connectivity index (χ1v) is 8.67. The van der Waals surface area contributed by atoms with Crippen molar-refractivity contribution in [3.63, 3.8) is 0 Å². The first-order chi connectivity index (χ1) is 12.5. The van der Waals surface area contributed by atoms with Gasteiger partial charge in [0.2, 0.25) is 11.8 Å². The van der Waals surface area contributed by atoms with Crippen molar-refractivity contribution in [2.24, 2.45) is 11.0 Å². The molecule has 1 fully saturated rings. The quantitative estimate of drug-likeness (QED) is 0.841. The summed E-state index contributed by atoms with van der Waals surface area (Å²) in [5.41, 5.74) is 1.99. The van der Waals surface area contributed by atoms with Gasteiger partial charge in [-0.2, -0.15) is 5.10 Å². The predicted molar refractivity (Wildman–Crippen MR) is 99.8 cm³/mol. The van der Waals surface area contributed by atoms with Gasteiger partial charge >= 0.3 is 0 Å². The lowest BCUT2D eigenvalue weighted by Gasteiger charge is -2.31. The van der Waals surface area contributed by atoms with Crippen LogP contribution in [0.15, 0.2) is 42.0 Å². The van der Waals surface area contributed by atoms with E-state index >= 15 is 0 Å². The minimum atomic E-state index is -0.259. The van der Waals surface area contributed by atoms with E-state index < -0.39 is 0 Å². The number of carbonyl (C=O) groups excluding carboxylic acids is 3. The Hall–Kier alpha value is -2.96. The van der Waals surface area contributed by atoms with Crippen molar-refractivity contribution in [2.75, 3.05) is 23.4 Å². The number of hydrogen-bond acceptors (Lipinski definition) is 4. The van der Waals surface area contributed by atoms with Crippen LogP contribution < -0.4 is 10.3 Å². The van der Waals surface area contributed by atoms with Crippen LogP contribution in [0.2, 0.25) is 0 Å². The number of piperidine rings is 1. The van der Waals surface area contributed by atoms with Crippen LogP contribution in [0.25, 0.3) is 0 Å². The highest BCUT2D eigenvalue weighted by molar-refractivity contribution is 6.12. The Morgan fingerprint density at radius 1 is 1.38 bits per heavy atom. The van der Waals surface area contributed by atoms with E-state index in [9.17, 15) is 14.4 Å². The maximum absolute atomic E-state index is 12.6. The Balaban J connectivity index is 1.68. The van der Waals surface area contributed by atoms with Crippen molar-refractivity contribution in [3.05, 3.63) is 36.9 Å². The smallest absolute Gasteiger partial charge is 0.253 e. The third-order valence-electron chi connectivity index (χ3n) is 4.55. The lowest BCUT2D eigenvalue weighted by Crippen LogP contribution is -2.43. The largest absolute Gasteiger partial charge is 0.338 e. The number of hydrazone groups is 1. The lowest BCUT2D eigenvalue weighted by atomic mass is 9.97. The number of amides is 3. The predicted octanol–water partition coefficient (Wildman–Crippen LogP) is 2.16. The molecule has 0 bridgehead atoms. The molecule has 0 saturated carbocycles. The second kappa shape index (κ2) is 7.51. The molecule has 3 amide bonds. The van der Waals surface area contributed by atoms with Gasteiger partial charge in [-0.05, 0) is 44.0 Å². The van der Waals surface area contributed by atoms with E-state index in [1.54, 1.807) is 29.2 Å². The molecule has 136 valence electrons. The monoisotopic (exact) mass is 354 g/mol. The molecular weight excluding hydrogens is 332 g/mol. The highest BCUT2D eigenvalue weighted by atomic mass is 16.2. The molecule has 0 aliphatic carbocycles. The fourth-order valence-electron chi connectivity index (χ4n) is 3.24. The molecule has 0 spiro atoms. The molecule has 2 aliphatic heterocycles. The summed E-state index contributed by atoms with van der Waals surface area (Å²) in [6, 6.07) is 7.05. The molecule has 2 aliphatic rings. The summed E-state index contributed by atoms with van der Waals surface area (Å²) in [5.74, 6) is -0.622. The molecule has 1 aromatic rings. The third-order valence-corrected chi connectivity index (χ3v) is 4.55. The van der Waals surface area contributed by atoms with Crippen LogP contribution in [-0.4, -0.2) is 41.4 Å². The van der Waals surface area contributed by atoms with Crippen LogP contribution in [-0.2, 0) is 14.4 Å². The molecular formula is C19H22N4O3. The molecule has 7 nitrogen and oxygen atoms in total. The maximum atomic E-state index is 12.6. The minimum Gasteiger partial charge on any atom is -0.338 e. The lowest BCUT2D eigenvalue weighted by molar-refractivity contribution is -0.130. The molecule has 7 heteroatoms. The van der Waals surface area contributed by atoms with E-state index in [-0.39, 0.29) is 23.6 Å². The van der Waals surface area contributed by atoms with Gasteiger partial charge in [-0.15, -0.1) is 0 Å². The molecule has 1 unspecified atom stereocenters. The van der Waals surface area contributed by atoms with Gasteiger partial charge in [0, 0.05) is 24.5 Å². The number of nitrogens with one attached hydrogen (secondary N) is 1. The molecule has 1 N–H and O–H groups in total. The van der Waals surface area contributed by atoms with Crippen LogP contribution in [0.4, 0.5) is 11.4 Å². The molecule has 1 atom stereocenters. The van der Waals surface area contributed by atoms with Crippen LogP contribution in [0.1, 0.15) is 26.2 Å². The number of nitrogens with zero attached hydrogens (tertiary/aromatic N) is 3. The van der Waals surface area contributed by atoms with Gasteiger partial charge in [-0.25, -0.2) is 5.01 Å². The van der Waals surface area contributed by atoms with Crippen LogP contribution in [0.5, 0.6) is 0 Å². The molecule has 0 radical (unpaired) electrons.